The first-order valence-corrected chi connectivity index (χ1v) is 20.4. The van der Waals surface area contributed by atoms with Crippen molar-refractivity contribution in [1.29, 1.82) is 0 Å². The van der Waals surface area contributed by atoms with E-state index in [4.69, 9.17) is 0 Å². The highest BCUT2D eigenvalue weighted by Crippen LogP contribution is 2.59. The summed E-state index contributed by atoms with van der Waals surface area (Å²) in [5, 5.41) is 0. The fraction of sp³-hybridized carbons (Fsp3) is 0.127. The SMILES string of the molecule is Cc1ccc(-c2ccc(N(c3ccccc3)c3ccc4c(c3)C(C)(C)c3cc5c(cc3N4c3ccccc3)C(C)(C)c3ccccc3N5c3ccccc3)cc2)cc1. The molecule has 0 spiro atoms. The van der Waals surface area contributed by atoms with Crippen LogP contribution in [0.5, 0.6) is 0 Å². The average Bonchev–Trinajstić information content (AvgIpc) is 3.26. The van der Waals surface area contributed by atoms with Crippen molar-refractivity contribution in [1.82, 2.24) is 0 Å². The van der Waals surface area contributed by atoms with E-state index in [1.807, 2.05) is 0 Å². The molecule has 2 aliphatic rings. The molecule has 0 aliphatic carbocycles. The van der Waals surface area contributed by atoms with Crippen molar-refractivity contribution in [3.05, 3.63) is 222 Å². The standard InChI is InChI=1S/C55H47N3/c1-38-25-27-39(28-26-38)40-29-31-44(32-30-40)56(41-17-9-6-10-18-41)45-33-34-51-47(35-45)55(4,5)49-37-52-48(36-53(49)58(51)43-21-13-8-14-22-43)54(2,3)46-23-15-16-24-50(46)57(52)42-19-11-7-12-20-42/h6-37H,1-5H3. The minimum atomic E-state index is -0.345. The van der Waals surface area contributed by atoms with Crippen molar-refractivity contribution < 1.29 is 0 Å². The summed E-state index contributed by atoms with van der Waals surface area (Å²) in [6, 6.07) is 71.2. The third kappa shape index (κ3) is 5.72. The Balaban J connectivity index is 1.17. The molecule has 282 valence electrons. The van der Waals surface area contributed by atoms with E-state index in [0.29, 0.717) is 0 Å². The molecule has 0 radical (unpaired) electrons. The third-order valence-electron chi connectivity index (χ3n) is 12.5. The summed E-state index contributed by atoms with van der Waals surface area (Å²) in [5.74, 6) is 0. The van der Waals surface area contributed by atoms with Crippen molar-refractivity contribution in [2.24, 2.45) is 0 Å². The summed E-state index contributed by atoms with van der Waals surface area (Å²) < 4.78 is 0. The van der Waals surface area contributed by atoms with Crippen LogP contribution in [0.3, 0.4) is 0 Å². The van der Waals surface area contributed by atoms with Gasteiger partial charge in [-0.15, -0.1) is 0 Å². The first-order valence-electron chi connectivity index (χ1n) is 20.4. The monoisotopic (exact) mass is 749 g/mol. The lowest BCUT2D eigenvalue weighted by Crippen LogP contribution is -2.35. The molecular formula is C55H47N3. The van der Waals surface area contributed by atoms with E-state index < -0.39 is 0 Å². The summed E-state index contributed by atoms with van der Waals surface area (Å²) in [4.78, 5) is 7.36. The Morgan fingerprint density at radius 1 is 0.345 bits per heavy atom. The molecule has 3 nitrogen and oxygen atoms in total. The highest BCUT2D eigenvalue weighted by atomic mass is 15.2. The maximum atomic E-state index is 2.50. The van der Waals surface area contributed by atoms with Crippen LogP contribution in [0.2, 0.25) is 0 Å². The molecule has 3 heteroatoms. The van der Waals surface area contributed by atoms with Crippen LogP contribution in [0, 0.1) is 6.92 Å². The van der Waals surface area contributed by atoms with Crippen molar-refractivity contribution in [2.45, 2.75) is 45.4 Å². The Labute approximate surface area is 343 Å². The van der Waals surface area contributed by atoms with Gasteiger partial charge in [0.25, 0.3) is 0 Å². The Bertz CT molecular complexity index is 2770. The number of hydrogen-bond donors (Lipinski definition) is 0. The van der Waals surface area contributed by atoms with E-state index in [1.54, 1.807) is 0 Å². The Kier molecular flexibility index (Phi) is 8.38. The number of nitrogens with zero attached hydrogens (tertiary/aromatic N) is 3. The lowest BCUT2D eigenvalue weighted by Gasteiger charge is -2.47. The maximum Gasteiger partial charge on any atom is 0.0507 e. The first-order chi connectivity index (χ1) is 28.2. The zero-order chi connectivity index (χ0) is 39.6. The van der Waals surface area contributed by atoms with Crippen molar-refractivity contribution in [3.63, 3.8) is 0 Å². The summed E-state index contributed by atoms with van der Waals surface area (Å²) in [6.07, 6.45) is 0. The summed E-state index contributed by atoms with van der Waals surface area (Å²) in [7, 11) is 0. The van der Waals surface area contributed by atoms with Crippen molar-refractivity contribution in [2.75, 3.05) is 14.7 Å². The molecule has 0 unspecified atom stereocenters. The lowest BCUT2D eigenvalue weighted by molar-refractivity contribution is 0.615. The van der Waals surface area contributed by atoms with Gasteiger partial charge < -0.3 is 14.7 Å². The number of rotatable bonds is 6. The quantitative estimate of drug-likeness (QED) is 0.168. The van der Waals surface area contributed by atoms with E-state index in [-0.39, 0.29) is 10.8 Å². The maximum absolute atomic E-state index is 2.50. The van der Waals surface area contributed by atoms with Gasteiger partial charge in [0.2, 0.25) is 0 Å². The summed E-state index contributed by atoms with van der Waals surface area (Å²) in [5.41, 5.74) is 18.9. The Hall–Kier alpha value is -6.84. The fourth-order valence-electron chi connectivity index (χ4n) is 9.34. The van der Waals surface area contributed by atoms with Gasteiger partial charge in [-0.2, -0.15) is 0 Å². The highest BCUT2D eigenvalue weighted by Gasteiger charge is 2.43. The van der Waals surface area contributed by atoms with Gasteiger partial charge in [0, 0.05) is 39.3 Å². The number of hydrogen-bond acceptors (Lipinski definition) is 3. The molecule has 0 aromatic heterocycles. The van der Waals surface area contributed by atoms with Crippen LogP contribution in [0.4, 0.5) is 51.2 Å². The van der Waals surface area contributed by atoms with Gasteiger partial charge in [0.05, 0.1) is 22.7 Å². The van der Waals surface area contributed by atoms with Crippen LogP contribution in [0.25, 0.3) is 11.1 Å². The van der Waals surface area contributed by atoms with Crippen LogP contribution in [-0.4, -0.2) is 0 Å². The number of anilines is 9. The van der Waals surface area contributed by atoms with Crippen LogP contribution < -0.4 is 14.7 Å². The predicted octanol–water partition coefficient (Wildman–Crippen LogP) is 15.4. The minimum absolute atomic E-state index is 0.228. The number of fused-ring (bicyclic) bond motifs is 4. The minimum Gasteiger partial charge on any atom is -0.310 e. The highest BCUT2D eigenvalue weighted by molar-refractivity contribution is 5.94. The molecule has 8 aromatic carbocycles. The average molecular weight is 750 g/mol. The molecule has 0 amide bonds. The molecule has 0 N–H and O–H groups in total. The normalized spacial score (nSPS) is 14.5. The van der Waals surface area contributed by atoms with E-state index in [9.17, 15) is 0 Å². The second-order valence-corrected chi connectivity index (χ2v) is 16.8. The van der Waals surface area contributed by atoms with Gasteiger partial charge in [-0.1, -0.05) is 142 Å². The smallest absolute Gasteiger partial charge is 0.0507 e. The van der Waals surface area contributed by atoms with Crippen molar-refractivity contribution >= 4 is 51.2 Å². The van der Waals surface area contributed by atoms with E-state index >= 15 is 0 Å². The Morgan fingerprint density at radius 3 is 1.33 bits per heavy atom. The largest absolute Gasteiger partial charge is 0.310 e. The zero-order valence-electron chi connectivity index (χ0n) is 33.8. The number of aryl methyl sites for hydroxylation is 1. The molecule has 0 bridgehead atoms. The van der Waals surface area contributed by atoms with E-state index in [0.717, 1.165) is 28.4 Å². The number of benzene rings is 8. The fourth-order valence-corrected chi connectivity index (χ4v) is 9.34. The molecule has 2 heterocycles. The van der Waals surface area contributed by atoms with Crippen LogP contribution in [0.1, 0.15) is 55.5 Å². The van der Waals surface area contributed by atoms with Gasteiger partial charge in [0.15, 0.2) is 0 Å². The molecule has 0 saturated carbocycles. The molecule has 0 saturated heterocycles. The summed E-state index contributed by atoms with van der Waals surface area (Å²) in [6.45, 7) is 11.7. The summed E-state index contributed by atoms with van der Waals surface area (Å²) >= 11 is 0. The van der Waals surface area contributed by atoms with Gasteiger partial charge in [0.1, 0.15) is 0 Å². The zero-order valence-corrected chi connectivity index (χ0v) is 33.8. The van der Waals surface area contributed by atoms with Gasteiger partial charge in [-0.25, -0.2) is 0 Å². The molecule has 58 heavy (non-hydrogen) atoms. The molecule has 8 aromatic rings. The molecular weight excluding hydrogens is 703 g/mol. The number of para-hydroxylation sites is 4. The molecule has 0 atom stereocenters. The first kappa shape index (κ1) is 35.6. The van der Waals surface area contributed by atoms with Crippen LogP contribution in [-0.2, 0) is 10.8 Å². The van der Waals surface area contributed by atoms with E-state index in [2.05, 4.69) is 243 Å². The van der Waals surface area contributed by atoms with Crippen LogP contribution >= 0.6 is 0 Å². The lowest BCUT2D eigenvalue weighted by atomic mass is 9.68. The molecule has 0 fully saturated rings. The van der Waals surface area contributed by atoms with E-state index in [1.165, 1.54) is 61.7 Å². The second-order valence-electron chi connectivity index (χ2n) is 16.8. The van der Waals surface area contributed by atoms with Crippen LogP contribution in [0.15, 0.2) is 194 Å². The third-order valence-corrected chi connectivity index (χ3v) is 12.5. The second kappa shape index (κ2) is 13.7. The topological polar surface area (TPSA) is 9.72 Å². The van der Waals surface area contributed by atoms with Gasteiger partial charge in [-0.05, 0) is 125 Å². The van der Waals surface area contributed by atoms with Gasteiger partial charge in [-0.3, -0.25) is 0 Å². The molecule has 2 aliphatic heterocycles. The predicted molar refractivity (Wildman–Crippen MR) is 245 cm³/mol. The van der Waals surface area contributed by atoms with Crippen molar-refractivity contribution in [3.8, 4) is 11.1 Å². The van der Waals surface area contributed by atoms with Gasteiger partial charge >= 0.3 is 0 Å². The Morgan fingerprint density at radius 2 is 0.759 bits per heavy atom. The molecule has 10 rings (SSSR count).